The molecule has 0 saturated heterocycles. The molecule has 0 amide bonds. The van der Waals surface area contributed by atoms with E-state index >= 15 is 0 Å². The summed E-state index contributed by atoms with van der Waals surface area (Å²) in [5.41, 5.74) is 2.34. The van der Waals surface area contributed by atoms with Crippen LogP contribution in [0.1, 0.15) is 70.3 Å². The maximum absolute atomic E-state index is 13.3. The molecule has 1 heterocycles. The molecule has 0 spiro atoms. The molecule has 34 heavy (non-hydrogen) atoms. The highest BCUT2D eigenvalue weighted by molar-refractivity contribution is 7.98. The first kappa shape index (κ1) is 28.1. The van der Waals surface area contributed by atoms with E-state index in [-0.39, 0.29) is 17.3 Å². The highest BCUT2D eigenvalue weighted by Crippen LogP contribution is 2.31. The second-order valence-corrected chi connectivity index (χ2v) is 8.79. The lowest BCUT2D eigenvalue weighted by Crippen LogP contribution is -2.33. The molecule has 0 bridgehead atoms. The third-order valence-electron chi connectivity index (χ3n) is 5.91. The maximum atomic E-state index is 13.3. The molecule has 1 aliphatic carbocycles. The molecule has 0 fully saturated rings. The lowest BCUT2D eigenvalue weighted by Gasteiger charge is -2.27. The van der Waals surface area contributed by atoms with Crippen LogP contribution in [0.25, 0.3) is 0 Å². The maximum Gasteiger partial charge on any atom is 0.329 e. The van der Waals surface area contributed by atoms with Gasteiger partial charge < -0.3 is 14.2 Å². The molecule has 0 N–H and O–H groups in total. The van der Waals surface area contributed by atoms with Crippen LogP contribution in [0.5, 0.6) is 0 Å². The molecule has 1 unspecified atom stereocenters. The molecule has 0 radical (unpaired) electrons. The largest absolute Gasteiger partial charge is 0.464 e. The van der Waals surface area contributed by atoms with Crippen molar-refractivity contribution >= 4 is 17.7 Å². The van der Waals surface area contributed by atoms with Crippen molar-refractivity contribution < 1.29 is 13.9 Å². The Morgan fingerprint density at radius 2 is 1.85 bits per heavy atom. The fraction of sp³-hybridized carbons (Fsp3) is 0.577. The molecule has 1 aromatic heterocycles. The lowest BCUT2D eigenvalue weighted by molar-refractivity contribution is -0.147. The van der Waals surface area contributed by atoms with Gasteiger partial charge in [0.1, 0.15) is 11.9 Å². The Balaban J connectivity index is 0.00000199. The minimum Gasteiger partial charge on any atom is -0.464 e. The van der Waals surface area contributed by atoms with Gasteiger partial charge in [0, 0.05) is 23.6 Å². The average Bonchev–Trinajstić information content (AvgIpc) is 3.34. The fourth-order valence-electron chi connectivity index (χ4n) is 4.13. The van der Waals surface area contributed by atoms with Gasteiger partial charge in [-0.05, 0) is 63.4 Å². The number of rotatable bonds is 11. The smallest absolute Gasteiger partial charge is 0.329 e. The number of hydrogen-bond donors (Lipinski definition) is 0. The zero-order valence-corrected chi connectivity index (χ0v) is 21.9. The number of halogens is 1. The molecular formula is C26H38FN3O3S. The van der Waals surface area contributed by atoms with Crippen LogP contribution in [-0.2, 0) is 28.1 Å². The summed E-state index contributed by atoms with van der Waals surface area (Å²) in [5.74, 6) is -0.0511. The normalized spacial score (nSPS) is 13.3. The van der Waals surface area contributed by atoms with E-state index in [4.69, 9.17) is 4.74 Å². The molecule has 3 rings (SSSR count). The van der Waals surface area contributed by atoms with Crippen molar-refractivity contribution in [2.24, 2.45) is 0 Å². The van der Waals surface area contributed by atoms with Crippen LogP contribution >= 0.6 is 11.8 Å². The standard InChI is InChI=1S/C24H32FN3O3S.C2H6/c1-4-27(5-2)15-14-21(23(30)31-6-3)28-20-9-7-8-19(20)22(29)26-24(28)32-16-17-10-12-18(25)13-11-17;1-2/h10-13,21H,4-9,14-16H2,1-3H3;1-2H3. The van der Waals surface area contributed by atoms with E-state index in [0.717, 1.165) is 43.7 Å². The first-order chi connectivity index (χ1) is 16.5. The second-order valence-electron chi connectivity index (χ2n) is 7.85. The number of thioether (sulfide) groups is 1. The van der Waals surface area contributed by atoms with Crippen LogP contribution in [0, 0.1) is 5.82 Å². The number of ether oxygens (including phenoxy) is 1. The lowest BCUT2D eigenvalue weighted by atomic mass is 10.1. The quantitative estimate of drug-likeness (QED) is 0.250. The number of nitrogens with zero attached hydrogens (tertiary/aromatic N) is 3. The van der Waals surface area contributed by atoms with E-state index in [1.165, 1.54) is 23.9 Å². The van der Waals surface area contributed by atoms with Crippen molar-refractivity contribution in [3.63, 3.8) is 0 Å². The van der Waals surface area contributed by atoms with Crippen LogP contribution in [0.15, 0.2) is 34.2 Å². The number of carbonyl (C=O) groups is 1. The fourth-order valence-corrected chi connectivity index (χ4v) is 5.15. The van der Waals surface area contributed by atoms with Crippen molar-refractivity contribution in [3.8, 4) is 0 Å². The molecule has 1 aliphatic rings. The Labute approximate surface area is 206 Å². The number of fused-ring (bicyclic) bond motifs is 1. The van der Waals surface area contributed by atoms with E-state index in [9.17, 15) is 14.0 Å². The van der Waals surface area contributed by atoms with Gasteiger partial charge in [-0.3, -0.25) is 4.79 Å². The summed E-state index contributed by atoms with van der Waals surface area (Å²) in [5, 5.41) is 0.526. The predicted octanol–water partition coefficient (Wildman–Crippen LogP) is 5.03. The minimum atomic E-state index is -0.536. The van der Waals surface area contributed by atoms with Gasteiger partial charge in [0.2, 0.25) is 0 Å². The summed E-state index contributed by atoms with van der Waals surface area (Å²) in [7, 11) is 0. The number of carbonyl (C=O) groups excluding carboxylic acids is 1. The van der Waals surface area contributed by atoms with Gasteiger partial charge in [0.05, 0.1) is 6.61 Å². The molecule has 188 valence electrons. The molecular weight excluding hydrogens is 453 g/mol. The Bertz CT molecular complexity index is 974. The van der Waals surface area contributed by atoms with Crippen LogP contribution < -0.4 is 5.56 Å². The predicted molar refractivity (Wildman–Crippen MR) is 136 cm³/mol. The summed E-state index contributed by atoms with van der Waals surface area (Å²) in [6, 6.07) is 5.75. The van der Waals surface area contributed by atoms with Crippen LogP contribution in [0.3, 0.4) is 0 Å². The third kappa shape index (κ3) is 7.15. The van der Waals surface area contributed by atoms with Crippen molar-refractivity contribution in [2.75, 3.05) is 26.2 Å². The van der Waals surface area contributed by atoms with Crippen LogP contribution in [0.4, 0.5) is 4.39 Å². The first-order valence-electron chi connectivity index (χ1n) is 12.4. The Hall–Kier alpha value is -2.19. The Morgan fingerprint density at radius 3 is 2.47 bits per heavy atom. The van der Waals surface area contributed by atoms with Crippen molar-refractivity contribution in [3.05, 3.63) is 57.3 Å². The zero-order valence-electron chi connectivity index (χ0n) is 21.1. The first-order valence-corrected chi connectivity index (χ1v) is 13.4. The van der Waals surface area contributed by atoms with Gasteiger partial charge in [-0.25, -0.2) is 9.18 Å². The van der Waals surface area contributed by atoms with Gasteiger partial charge in [-0.1, -0.05) is 51.6 Å². The third-order valence-corrected chi connectivity index (χ3v) is 6.93. The van der Waals surface area contributed by atoms with Gasteiger partial charge in [-0.15, -0.1) is 0 Å². The minimum absolute atomic E-state index is 0.207. The van der Waals surface area contributed by atoms with Crippen LogP contribution in [-0.4, -0.2) is 46.7 Å². The zero-order chi connectivity index (χ0) is 25.1. The Morgan fingerprint density at radius 1 is 1.18 bits per heavy atom. The number of esters is 1. The molecule has 6 nitrogen and oxygen atoms in total. The van der Waals surface area contributed by atoms with Gasteiger partial charge in [-0.2, -0.15) is 4.98 Å². The molecule has 8 heteroatoms. The molecule has 1 atom stereocenters. The summed E-state index contributed by atoms with van der Waals surface area (Å²) in [6.45, 7) is 12.9. The van der Waals surface area contributed by atoms with Crippen molar-refractivity contribution in [2.45, 2.75) is 77.3 Å². The Kier molecular flexibility index (Phi) is 11.8. The van der Waals surface area contributed by atoms with Crippen LogP contribution in [0.2, 0.25) is 0 Å². The van der Waals surface area contributed by atoms with E-state index in [1.807, 2.05) is 18.4 Å². The van der Waals surface area contributed by atoms with E-state index in [2.05, 4.69) is 23.7 Å². The van der Waals surface area contributed by atoms with Gasteiger partial charge >= 0.3 is 5.97 Å². The van der Waals surface area contributed by atoms with Gasteiger partial charge in [0.25, 0.3) is 5.56 Å². The monoisotopic (exact) mass is 491 g/mol. The summed E-state index contributed by atoms with van der Waals surface area (Å²) < 4.78 is 20.7. The highest BCUT2D eigenvalue weighted by Gasteiger charge is 2.31. The van der Waals surface area contributed by atoms with E-state index < -0.39 is 6.04 Å². The molecule has 1 aromatic carbocycles. The highest BCUT2D eigenvalue weighted by atomic mass is 32.2. The molecule has 2 aromatic rings. The second kappa shape index (κ2) is 14.3. The van der Waals surface area contributed by atoms with Crippen molar-refractivity contribution in [1.82, 2.24) is 14.5 Å². The van der Waals surface area contributed by atoms with Crippen molar-refractivity contribution in [1.29, 1.82) is 0 Å². The SMILES string of the molecule is CC.CCOC(=O)C(CCN(CC)CC)n1c(SCc2ccc(F)cc2)nc(=O)c2c1CCC2. The summed E-state index contributed by atoms with van der Waals surface area (Å²) >= 11 is 1.40. The van der Waals surface area contributed by atoms with E-state index in [0.29, 0.717) is 35.9 Å². The van der Waals surface area contributed by atoms with Gasteiger partial charge in [0.15, 0.2) is 5.16 Å². The molecule has 0 saturated carbocycles. The topological polar surface area (TPSA) is 64.4 Å². The van der Waals surface area contributed by atoms with E-state index in [1.54, 1.807) is 19.1 Å². The number of benzene rings is 1. The summed E-state index contributed by atoms with van der Waals surface area (Å²) in [6.07, 6.45) is 2.90. The number of hydrogen-bond acceptors (Lipinski definition) is 6. The molecule has 0 aliphatic heterocycles. The summed E-state index contributed by atoms with van der Waals surface area (Å²) in [4.78, 5) is 32.4. The number of aromatic nitrogens is 2. The average molecular weight is 492 g/mol.